The van der Waals surface area contributed by atoms with Crippen LogP contribution in [0.4, 0.5) is 0 Å². The normalized spacial score (nSPS) is 13.1. The van der Waals surface area contributed by atoms with Gasteiger partial charge in [-0.3, -0.25) is 0 Å². The fourth-order valence-electron chi connectivity index (χ4n) is 6.53. The van der Waals surface area contributed by atoms with Crippen molar-refractivity contribution < 1.29 is 4.42 Å². The van der Waals surface area contributed by atoms with Gasteiger partial charge in [0.15, 0.2) is 17.5 Å². The van der Waals surface area contributed by atoms with Gasteiger partial charge in [-0.2, -0.15) is 0 Å². The van der Waals surface area contributed by atoms with Gasteiger partial charge in [0.05, 0.1) is 0 Å². The molecule has 5 aromatic carbocycles. The van der Waals surface area contributed by atoms with Crippen molar-refractivity contribution in [2.24, 2.45) is 0 Å². The highest BCUT2D eigenvalue weighted by Gasteiger charge is 2.21. The van der Waals surface area contributed by atoms with Crippen molar-refractivity contribution >= 4 is 27.5 Å². The van der Waals surface area contributed by atoms with Crippen LogP contribution in [0.1, 0.15) is 24.0 Å². The molecular weight excluding hydrogens is 611 g/mol. The molecule has 0 spiro atoms. The average molecular weight is 646 g/mol. The third-order valence-corrected chi connectivity index (χ3v) is 9.04. The van der Waals surface area contributed by atoms with E-state index >= 15 is 0 Å². The first-order chi connectivity index (χ1) is 24.7. The van der Waals surface area contributed by atoms with Crippen LogP contribution in [0.3, 0.4) is 0 Å². The van der Waals surface area contributed by atoms with Gasteiger partial charge in [0.25, 0.3) is 0 Å². The summed E-state index contributed by atoms with van der Waals surface area (Å²) in [5.41, 5.74) is 10.3. The SMILES string of the molecule is C=C/C=C\C=C/Cc1ccc2oc3ccccc3c2c1-c1nc(-c2ccc(C3=CCCC=C3)cc2)nc(-c2ccc(-c3ccccc3)cc2)n1. The molecule has 2 heterocycles. The number of hydrogen-bond acceptors (Lipinski definition) is 4. The average Bonchev–Trinajstić information content (AvgIpc) is 3.57. The lowest BCUT2D eigenvalue weighted by Gasteiger charge is -2.13. The standard InChI is InChI=1S/C46H35N3O/c1-2-3-4-5-8-19-36-30-31-41-43(39-20-13-14-21-40(39)50-41)42(36)46-48-44(37-26-22-34(23-27-37)32-15-9-6-10-16-32)47-45(49-46)38-28-24-35(25-29-38)33-17-11-7-12-18-33/h2-6,8-11,13-18,20-31H,1,7,12,19H2/b4-3-,8-5-. The minimum Gasteiger partial charge on any atom is -0.456 e. The quantitative estimate of drug-likeness (QED) is 0.147. The number of fused-ring (bicyclic) bond motifs is 3. The van der Waals surface area contributed by atoms with Crippen molar-refractivity contribution in [1.29, 1.82) is 0 Å². The summed E-state index contributed by atoms with van der Waals surface area (Å²) in [5.74, 6) is 1.85. The van der Waals surface area contributed by atoms with Crippen molar-refractivity contribution in [3.05, 3.63) is 182 Å². The van der Waals surface area contributed by atoms with Crippen molar-refractivity contribution in [3.63, 3.8) is 0 Å². The minimum atomic E-state index is 0.612. The van der Waals surface area contributed by atoms with E-state index in [4.69, 9.17) is 19.4 Å². The molecule has 0 N–H and O–H groups in total. The monoisotopic (exact) mass is 645 g/mol. The van der Waals surface area contributed by atoms with Crippen LogP contribution in [0, 0.1) is 0 Å². The summed E-state index contributed by atoms with van der Waals surface area (Å²) < 4.78 is 6.36. The van der Waals surface area contributed by atoms with Crippen molar-refractivity contribution in [3.8, 4) is 45.3 Å². The second-order valence-corrected chi connectivity index (χ2v) is 12.3. The summed E-state index contributed by atoms with van der Waals surface area (Å²) in [5, 5.41) is 2.03. The Bertz CT molecular complexity index is 2440. The van der Waals surface area contributed by atoms with Gasteiger partial charge in [-0.05, 0) is 59.2 Å². The Kier molecular flexibility index (Phi) is 8.65. The van der Waals surface area contributed by atoms with Gasteiger partial charge in [0.1, 0.15) is 11.2 Å². The van der Waals surface area contributed by atoms with Crippen LogP contribution in [0.2, 0.25) is 0 Å². The van der Waals surface area contributed by atoms with Gasteiger partial charge < -0.3 is 4.42 Å². The molecule has 2 aromatic heterocycles. The summed E-state index contributed by atoms with van der Waals surface area (Å²) in [7, 11) is 0. The first-order valence-corrected chi connectivity index (χ1v) is 17.0. The third kappa shape index (κ3) is 6.27. The van der Waals surface area contributed by atoms with E-state index in [9.17, 15) is 0 Å². The van der Waals surface area contributed by atoms with E-state index in [1.807, 2.05) is 42.5 Å². The molecule has 8 rings (SSSR count). The molecule has 0 saturated carbocycles. The molecule has 1 aliphatic carbocycles. The molecule has 50 heavy (non-hydrogen) atoms. The fraction of sp³-hybridized carbons (Fsp3) is 0.0652. The highest BCUT2D eigenvalue weighted by molar-refractivity contribution is 6.12. The Morgan fingerprint density at radius 3 is 1.96 bits per heavy atom. The third-order valence-electron chi connectivity index (χ3n) is 9.04. The maximum absolute atomic E-state index is 6.36. The highest BCUT2D eigenvalue weighted by atomic mass is 16.3. The van der Waals surface area contributed by atoms with Gasteiger partial charge in [-0.25, -0.2) is 15.0 Å². The largest absolute Gasteiger partial charge is 0.456 e. The number of allylic oxidation sites excluding steroid dienone is 9. The van der Waals surface area contributed by atoms with Crippen LogP contribution in [-0.2, 0) is 6.42 Å². The zero-order valence-corrected chi connectivity index (χ0v) is 27.7. The van der Waals surface area contributed by atoms with Gasteiger partial charge in [-0.15, -0.1) is 0 Å². The number of aromatic nitrogens is 3. The number of para-hydroxylation sites is 1. The first-order valence-electron chi connectivity index (χ1n) is 17.0. The summed E-state index contributed by atoms with van der Waals surface area (Å²) in [4.78, 5) is 15.5. The topological polar surface area (TPSA) is 51.8 Å². The predicted octanol–water partition coefficient (Wildman–Crippen LogP) is 12.0. The Labute approximate surface area is 292 Å². The van der Waals surface area contributed by atoms with Crippen LogP contribution >= 0.6 is 0 Å². The zero-order valence-electron chi connectivity index (χ0n) is 27.7. The molecule has 0 unspecified atom stereocenters. The first kappa shape index (κ1) is 30.9. The molecule has 0 amide bonds. The Morgan fingerprint density at radius 1 is 0.580 bits per heavy atom. The highest BCUT2D eigenvalue weighted by Crippen LogP contribution is 2.39. The smallest absolute Gasteiger partial charge is 0.165 e. The van der Waals surface area contributed by atoms with Gasteiger partial charge >= 0.3 is 0 Å². The maximum atomic E-state index is 6.36. The van der Waals surface area contributed by atoms with Crippen molar-refractivity contribution in [2.75, 3.05) is 0 Å². The van der Waals surface area contributed by atoms with E-state index in [1.165, 1.54) is 16.7 Å². The number of rotatable bonds is 9. The molecule has 0 bridgehead atoms. The molecule has 0 atom stereocenters. The molecule has 240 valence electrons. The second-order valence-electron chi connectivity index (χ2n) is 12.3. The van der Waals surface area contributed by atoms with Crippen LogP contribution in [-0.4, -0.2) is 15.0 Å². The van der Waals surface area contributed by atoms with E-state index in [0.29, 0.717) is 23.9 Å². The van der Waals surface area contributed by atoms with Crippen LogP contribution in [0.15, 0.2) is 175 Å². The predicted molar refractivity (Wildman–Crippen MR) is 207 cm³/mol. The molecule has 7 aromatic rings. The van der Waals surface area contributed by atoms with Crippen LogP contribution < -0.4 is 0 Å². The minimum absolute atomic E-state index is 0.612. The maximum Gasteiger partial charge on any atom is 0.165 e. The van der Waals surface area contributed by atoms with Crippen LogP contribution in [0.5, 0.6) is 0 Å². The lowest BCUT2D eigenvalue weighted by molar-refractivity contribution is 0.669. The summed E-state index contributed by atoms with van der Waals surface area (Å²) in [6, 6.07) is 39.7. The van der Waals surface area contributed by atoms with E-state index in [1.54, 1.807) is 6.08 Å². The molecule has 4 nitrogen and oxygen atoms in total. The molecule has 0 fully saturated rings. The van der Waals surface area contributed by atoms with E-state index in [-0.39, 0.29) is 0 Å². The Balaban J connectivity index is 1.31. The summed E-state index contributed by atoms with van der Waals surface area (Å²) in [6.45, 7) is 3.78. The van der Waals surface area contributed by atoms with Gasteiger partial charge in [0.2, 0.25) is 0 Å². The van der Waals surface area contributed by atoms with Gasteiger partial charge in [0, 0.05) is 27.5 Å². The lowest BCUT2D eigenvalue weighted by atomic mass is 9.97. The molecule has 4 heteroatoms. The van der Waals surface area contributed by atoms with Crippen LogP contribution in [0.25, 0.3) is 72.8 Å². The number of furan rings is 1. The molecule has 1 aliphatic rings. The van der Waals surface area contributed by atoms with E-state index < -0.39 is 0 Å². The lowest BCUT2D eigenvalue weighted by Crippen LogP contribution is -2.02. The van der Waals surface area contributed by atoms with Crippen molar-refractivity contribution in [1.82, 2.24) is 15.0 Å². The molecule has 0 aliphatic heterocycles. The Morgan fingerprint density at radius 2 is 1.24 bits per heavy atom. The Hall–Kier alpha value is -6.39. The summed E-state index contributed by atoms with van der Waals surface area (Å²) in [6.07, 6.45) is 19.4. The van der Waals surface area contributed by atoms with E-state index in [2.05, 4.69) is 122 Å². The van der Waals surface area contributed by atoms with Crippen molar-refractivity contribution in [2.45, 2.75) is 19.3 Å². The summed E-state index contributed by atoms with van der Waals surface area (Å²) >= 11 is 0. The molecular formula is C46H35N3O. The molecule has 0 saturated heterocycles. The zero-order chi connectivity index (χ0) is 33.7. The number of nitrogens with zero attached hydrogens (tertiary/aromatic N) is 3. The molecule has 0 radical (unpaired) electrons. The second kappa shape index (κ2) is 14.0. The number of benzene rings is 5. The fourth-order valence-corrected chi connectivity index (χ4v) is 6.53. The number of hydrogen-bond donors (Lipinski definition) is 0. The van der Waals surface area contributed by atoms with Gasteiger partial charge in [-0.1, -0.05) is 158 Å². The van der Waals surface area contributed by atoms with E-state index in [0.717, 1.165) is 62.6 Å².